The van der Waals surface area contributed by atoms with Crippen molar-refractivity contribution >= 4 is 23.5 Å². The summed E-state index contributed by atoms with van der Waals surface area (Å²) in [6, 6.07) is 21.4. The molecule has 1 aliphatic rings. The molecule has 1 heterocycles. The molecule has 0 spiro atoms. The second kappa shape index (κ2) is 9.70. The minimum absolute atomic E-state index is 0.338. The Morgan fingerprint density at radius 2 is 1.56 bits per heavy atom. The molecule has 7 nitrogen and oxygen atoms in total. The predicted octanol–water partition coefficient (Wildman–Crippen LogP) is 3.47. The number of hydrazine groups is 1. The van der Waals surface area contributed by atoms with Crippen LogP contribution in [0.15, 0.2) is 72.8 Å². The molecule has 0 fully saturated rings. The Kier molecular flexibility index (Phi) is 6.36. The van der Waals surface area contributed by atoms with Crippen LogP contribution < -0.4 is 25.1 Å². The highest BCUT2D eigenvalue weighted by Crippen LogP contribution is 2.30. The normalized spacial score (nSPS) is 12.6. The van der Waals surface area contributed by atoms with Gasteiger partial charge in [0, 0.05) is 16.7 Å². The van der Waals surface area contributed by atoms with E-state index in [9.17, 15) is 9.59 Å². The van der Waals surface area contributed by atoms with Crippen molar-refractivity contribution in [1.29, 1.82) is 0 Å². The van der Waals surface area contributed by atoms with Crippen molar-refractivity contribution in [3.05, 3.63) is 89.5 Å². The maximum atomic E-state index is 13.0. The van der Waals surface area contributed by atoms with Gasteiger partial charge in [-0.2, -0.15) is 0 Å². The van der Waals surface area contributed by atoms with E-state index >= 15 is 0 Å². The highest BCUT2D eigenvalue weighted by Gasteiger charge is 2.17. The van der Waals surface area contributed by atoms with Crippen LogP contribution in [0, 0.1) is 0 Å². The molecule has 0 aliphatic carbocycles. The van der Waals surface area contributed by atoms with Gasteiger partial charge in [-0.25, -0.2) is 0 Å². The number of para-hydroxylation sites is 1. The molecule has 3 aromatic carbocycles. The molecule has 0 bridgehead atoms. The van der Waals surface area contributed by atoms with Crippen molar-refractivity contribution in [2.45, 2.75) is 0 Å². The van der Waals surface area contributed by atoms with Gasteiger partial charge < -0.3 is 14.2 Å². The quantitative estimate of drug-likeness (QED) is 0.368. The molecule has 0 aromatic heterocycles. The summed E-state index contributed by atoms with van der Waals surface area (Å²) >= 11 is 0. The molecule has 4 rings (SSSR count). The van der Waals surface area contributed by atoms with E-state index in [1.54, 1.807) is 31.4 Å². The van der Waals surface area contributed by atoms with E-state index in [0.29, 0.717) is 47.2 Å². The van der Waals surface area contributed by atoms with Gasteiger partial charge in [0.2, 0.25) is 0 Å². The number of amides is 2. The first-order valence-corrected chi connectivity index (χ1v) is 10.1. The zero-order valence-electron chi connectivity index (χ0n) is 17.5. The molecular weight excluding hydrogens is 408 g/mol. The zero-order valence-corrected chi connectivity index (χ0v) is 17.5. The van der Waals surface area contributed by atoms with E-state index in [0.717, 1.165) is 5.56 Å². The fourth-order valence-corrected chi connectivity index (χ4v) is 3.28. The van der Waals surface area contributed by atoms with E-state index < -0.39 is 11.8 Å². The standard InChI is InChI=1S/C25H22N2O5/c1-30-21-10-6-5-9-18(21)15-20(17-7-3-2-4-8-17)25(29)27-26-24(28)19-11-12-22-23(16-19)32-14-13-31-22/h2-12,15-16H,13-14H2,1H3,(H,26,28)(H,27,29)/b20-15+. The minimum Gasteiger partial charge on any atom is -0.496 e. The van der Waals surface area contributed by atoms with Crippen LogP contribution in [0.5, 0.6) is 17.2 Å². The summed E-state index contributed by atoms with van der Waals surface area (Å²) in [7, 11) is 1.57. The molecule has 32 heavy (non-hydrogen) atoms. The Morgan fingerprint density at radius 1 is 0.844 bits per heavy atom. The molecule has 0 unspecified atom stereocenters. The number of hydrogen-bond acceptors (Lipinski definition) is 5. The first-order chi connectivity index (χ1) is 15.7. The lowest BCUT2D eigenvalue weighted by Crippen LogP contribution is -2.42. The lowest BCUT2D eigenvalue weighted by atomic mass is 10.0. The van der Waals surface area contributed by atoms with Crippen molar-refractivity contribution in [2.75, 3.05) is 20.3 Å². The second-order valence-electron chi connectivity index (χ2n) is 6.93. The first kappa shape index (κ1) is 21.0. The van der Waals surface area contributed by atoms with E-state index in [1.165, 1.54) is 0 Å². The van der Waals surface area contributed by atoms with Crippen LogP contribution in [0.4, 0.5) is 0 Å². The summed E-state index contributed by atoms with van der Waals surface area (Å²) in [6.07, 6.45) is 1.72. The fraction of sp³-hybridized carbons (Fsp3) is 0.120. The Morgan fingerprint density at radius 3 is 2.34 bits per heavy atom. The van der Waals surface area contributed by atoms with Gasteiger partial charge in [-0.15, -0.1) is 0 Å². The van der Waals surface area contributed by atoms with E-state index in [4.69, 9.17) is 14.2 Å². The third-order valence-electron chi connectivity index (χ3n) is 4.86. The number of benzene rings is 3. The van der Waals surface area contributed by atoms with Gasteiger partial charge in [0.1, 0.15) is 19.0 Å². The minimum atomic E-state index is -0.472. The Bertz CT molecular complexity index is 1160. The second-order valence-corrected chi connectivity index (χ2v) is 6.93. The average Bonchev–Trinajstić information content (AvgIpc) is 2.86. The Labute approximate surface area is 185 Å². The molecule has 0 saturated carbocycles. The smallest absolute Gasteiger partial charge is 0.270 e. The molecule has 1 aliphatic heterocycles. The summed E-state index contributed by atoms with van der Waals surface area (Å²) in [5, 5.41) is 0. The number of methoxy groups -OCH3 is 1. The third-order valence-corrected chi connectivity index (χ3v) is 4.86. The number of nitrogens with one attached hydrogen (secondary N) is 2. The monoisotopic (exact) mass is 430 g/mol. The summed E-state index contributed by atoms with van der Waals surface area (Å²) < 4.78 is 16.4. The zero-order chi connectivity index (χ0) is 22.3. The van der Waals surface area contributed by atoms with Crippen LogP contribution in [0.2, 0.25) is 0 Å². The van der Waals surface area contributed by atoms with Crippen LogP contribution in [0.1, 0.15) is 21.5 Å². The molecule has 2 amide bonds. The van der Waals surface area contributed by atoms with Gasteiger partial charge in [-0.1, -0.05) is 48.5 Å². The topological polar surface area (TPSA) is 85.9 Å². The van der Waals surface area contributed by atoms with Crippen molar-refractivity contribution in [1.82, 2.24) is 10.9 Å². The molecule has 3 aromatic rings. The number of hydrogen-bond donors (Lipinski definition) is 2. The van der Waals surface area contributed by atoms with Gasteiger partial charge in [0.15, 0.2) is 11.5 Å². The van der Waals surface area contributed by atoms with Crippen LogP contribution in [0.25, 0.3) is 11.6 Å². The van der Waals surface area contributed by atoms with E-state index in [2.05, 4.69) is 10.9 Å². The lowest BCUT2D eigenvalue weighted by Gasteiger charge is -2.18. The Balaban J connectivity index is 1.54. The molecule has 0 saturated heterocycles. The fourth-order valence-electron chi connectivity index (χ4n) is 3.28. The van der Waals surface area contributed by atoms with Crippen LogP contribution in [-0.4, -0.2) is 32.1 Å². The summed E-state index contributed by atoms with van der Waals surface area (Å²) in [4.78, 5) is 25.6. The molecular formula is C25H22N2O5. The first-order valence-electron chi connectivity index (χ1n) is 10.1. The summed E-state index contributed by atoms with van der Waals surface area (Å²) in [5.74, 6) is 0.779. The molecule has 162 valence electrons. The number of carbonyl (C=O) groups is 2. The Hall–Kier alpha value is -4.26. The maximum absolute atomic E-state index is 13.0. The number of ether oxygens (including phenoxy) is 3. The van der Waals surface area contributed by atoms with Gasteiger partial charge in [0.25, 0.3) is 11.8 Å². The predicted molar refractivity (Wildman–Crippen MR) is 120 cm³/mol. The van der Waals surface area contributed by atoms with Crippen molar-refractivity contribution in [3.8, 4) is 17.2 Å². The number of rotatable bonds is 5. The molecule has 0 radical (unpaired) electrons. The molecule has 2 N–H and O–H groups in total. The molecule has 0 atom stereocenters. The number of carbonyl (C=O) groups excluding carboxylic acids is 2. The maximum Gasteiger partial charge on any atom is 0.270 e. The van der Waals surface area contributed by atoms with Gasteiger partial charge in [-0.3, -0.25) is 20.4 Å². The van der Waals surface area contributed by atoms with E-state index in [-0.39, 0.29) is 0 Å². The van der Waals surface area contributed by atoms with Crippen molar-refractivity contribution in [3.63, 3.8) is 0 Å². The summed E-state index contributed by atoms with van der Waals surface area (Å²) in [6.45, 7) is 0.887. The lowest BCUT2D eigenvalue weighted by molar-refractivity contribution is -0.116. The summed E-state index contributed by atoms with van der Waals surface area (Å²) in [5.41, 5.74) is 7.11. The van der Waals surface area contributed by atoms with Gasteiger partial charge in [0.05, 0.1) is 7.11 Å². The van der Waals surface area contributed by atoms with Crippen molar-refractivity contribution in [2.24, 2.45) is 0 Å². The van der Waals surface area contributed by atoms with Crippen LogP contribution >= 0.6 is 0 Å². The van der Waals surface area contributed by atoms with Gasteiger partial charge >= 0.3 is 0 Å². The SMILES string of the molecule is COc1ccccc1/C=C(/C(=O)NNC(=O)c1ccc2c(c1)OCCO2)c1ccccc1. The highest BCUT2D eigenvalue weighted by atomic mass is 16.6. The highest BCUT2D eigenvalue weighted by molar-refractivity contribution is 6.24. The average molecular weight is 430 g/mol. The van der Waals surface area contributed by atoms with Crippen LogP contribution in [-0.2, 0) is 4.79 Å². The number of fused-ring (bicyclic) bond motifs is 1. The van der Waals surface area contributed by atoms with Gasteiger partial charge in [-0.05, 0) is 35.9 Å². The largest absolute Gasteiger partial charge is 0.496 e. The van der Waals surface area contributed by atoms with Crippen LogP contribution in [0.3, 0.4) is 0 Å². The molecule has 7 heteroatoms. The van der Waals surface area contributed by atoms with E-state index in [1.807, 2.05) is 54.6 Å². The van der Waals surface area contributed by atoms with Crippen molar-refractivity contribution < 1.29 is 23.8 Å². The third kappa shape index (κ3) is 4.73.